The number of rotatable bonds is 0. The summed E-state index contributed by atoms with van der Waals surface area (Å²) in [6.45, 7) is 0. The van der Waals surface area contributed by atoms with Crippen molar-refractivity contribution in [3.05, 3.63) is 36.7 Å². The van der Waals surface area contributed by atoms with Crippen molar-refractivity contribution in [2.45, 2.75) is 0 Å². The van der Waals surface area contributed by atoms with Gasteiger partial charge in [0.05, 0.1) is 0 Å². The SMILES string of the molecule is CO.c1cnc2ncccc2c1. The molecule has 2 aromatic heterocycles. The monoisotopic (exact) mass is 162 g/mol. The zero-order valence-corrected chi connectivity index (χ0v) is 6.81. The van der Waals surface area contributed by atoms with Crippen LogP contribution in [0.2, 0.25) is 0 Å². The van der Waals surface area contributed by atoms with Crippen LogP contribution in [0, 0.1) is 0 Å². The molecule has 62 valence electrons. The highest BCUT2D eigenvalue weighted by atomic mass is 16.2. The lowest BCUT2D eigenvalue weighted by atomic mass is 10.3. The molecule has 0 saturated heterocycles. The van der Waals surface area contributed by atoms with Crippen molar-refractivity contribution in [2.24, 2.45) is 0 Å². The van der Waals surface area contributed by atoms with Crippen LogP contribution in [0.15, 0.2) is 36.7 Å². The van der Waals surface area contributed by atoms with Gasteiger partial charge in [0.1, 0.15) is 0 Å². The predicted molar refractivity (Wildman–Crippen MR) is 47.7 cm³/mol. The Bertz CT molecular complexity index is 284. The van der Waals surface area contributed by atoms with Crippen LogP contribution in [0.5, 0.6) is 0 Å². The normalized spacial score (nSPS) is 8.83. The van der Waals surface area contributed by atoms with E-state index in [-0.39, 0.29) is 0 Å². The maximum absolute atomic E-state index is 7.00. The summed E-state index contributed by atoms with van der Waals surface area (Å²) in [5.41, 5.74) is 0.810. The highest BCUT2D eigenvalue weighted by Crippen LogP contribution is 2.04. The summed E-state index contributed by atoms with van der Waals surface area (Å²) in [6.07, 6.45) is 3.49. The average molecular weight is 162 g/mol. The fraction of sp³-hybridized carbons (Fsp3) is 0.111. The van der Waals surface area contributed by atoms with Crippen LogP contribution in [0.1, 0.15) is 0 Å². The van der Waals surface area contributed by atoms with Crippen LogP contribution in [-0.4, -0.2) is 22.2 Å². The Morgan fingerprint density at radius 3 is 1.92 bits per heavy atom. The number of hydrogen-bond acceptors (Lipinski definition) is 3. The molecule has 3 heteroatoms. The van der Waals surface area contributed by atoms with Gasteiger partial charge < -0.3 is 5.11 Å². The number of pyridine rings is 2. The largest absolute Gasteiger partial charge is 0.400 e. The highest BCUT2D eigenvalue weighted by molar-refractivity contribution is 5.73. The van der Waals surface area contributed by atoms with Gasteiger partial charge in [-0.1, -0.05) is 0 Å². The molecule has 0 saturated carbocycles. The Morgan fingerprint density at radius 2 is 1.50 bits per heavy atom. The molecule has 2 rings (SSSR count). The first-order valence-electron chi connectivity index (χ1n) is 3.57. The van der Waals surface area contributed by atoms with Crippen LogP contribution < -0.4 is 0 Å². The quantitative estimate of drug-likeness (QED) is 0.634. The molecule has 2 aromatic rings. The molecule has 2 heterocycles. The van der Waals surface area contributed by atoms with Gasteiger partial charge in [0, 0.05) is 24.9 Å². The molecule has 0 fully saturated rings. The molecular weight excluding hydrogens is 152 g/mol. The zero-order valence-electron chi connectivity index (χ0n) is 6.81. The van der Waals surface area contributed by atoms with E-state index >= 15 is 0 Å². The van der Waals surface area contributed by atoms with Crippen LogP contribution in [0.4, 0.5) is 0 Å². The Labute approximate surface area is 70.7 Å². The topological polar surface area (TPSA) is 46.0 Å². The predicted octanol–water partition coefficient (Wildman–Crippen LogP) is 1.24. The second-order valence-corrected chi connectivity index (χ2v) is 2.05. The number of aliphatic hydroxyl groups excluding tert-OH is 1. The first-order chi connectivity index (χ1) is 5.97. The van der Waals surface area contributed by atoms with Gasteiger partial charge in [-0.05, 0) is 24.3 Å². The van der Waals surface area contributed by atoms with Gasteiger partial charge in [0.15, 0.2) is 5.65 Å². The van der Waals surface area contributed by atoms with E-state index in [1.165, 1.54) is 0 Å². The van der Waals surface area contributed by atoms with E-state index in [1.807, 2.05) is 24.3 Å². The van der Waals surface area contributed by atoms with Crippen molar-refractivity contribution >= 4 is 11.0 Å². The summed E-state index contributed by atoms with van der Waals surface area (Å²) in [5, 5.41) is 8.09. The van der Waals surface area contributed by atoms with E-state index in [2.05, 4.69) is 9.97 Å². The van der Waals surface area contributed by atoms with Crippen LogP contribution in [-0.2, 0) is 0 Å². The Morgan fingerprint density at radius 1 is 1.00 bits per heavy atom. The molecule has 0 amide bonds. The summed E-state index contributed by atoms with van der Waals surface area (Å²) in [5.74, 6) is 0. The van der Waals surface area contributed by atoms with E-state index < -0.39 is 0 Å². The molecule has 0 atom stereocenters. The maximum atomic E-state index is 7.00. The van der Waals surface area contributed by atoms with Crippen molar-refractivity contribution in [3.8, 4) is 0 Å². The molecule has 0 aliphatic heterocycles. The summed E-state index contributed by atoms with van der Waals surface area (Å²) >= 11 is 0. The Kier molecular flexibility index (Phi) is 3.17. The van der Waals surface area contributed by atoms with Gasteiger partial charge in [-0.3, -0.25) is 0 Å². The zero-order chi connectivity index (χ0) is 8.81. The fourth-order valence-corrected chi connectivity index (χ4v) is 0.908. The average Bonchev–Trinajstić information content (AvgIpc) is 2.21. The first kappa shape index (κ1) is 8.62. The lowest BCUT2D eigenvalue weighted by molar-refractivity contribution is 0.399. The van der Waals surface area contributed by atoms with E-state index in [0.29, 0.717) is 0 Å². The molecule has 12 heavy (non-hydrogen) atoms. The lowest BCUT2D eigenvalue weighted by Crippen LogP contribution is -1.78. The van der Waals surface area contributed by atoms with Gasteiger partial charge in [0.25, 0.3) is 0 Å². The van der Waals surface area contributed by atoms with Gasteiger partial charge in [-0.25, -0.2) is 9.97 Å². The number of nitrogens with zero attached hydrogens (tertiary/aromatic N) is 2. The van der Waals surface area contributed by atoms with Crippen molar-refractivity contribution < 1.29 is 5.11 Å². The maximum Gasteiger partial charge on any atom is 0.159 e. The smallest absolute Gasteiger partial charge is 0.159 e. The Balaban J connectivity index is 0.000000336. The summed E-state index contributed by atoms with van der Waals surface area (Å²) in [6, 6.07) is 7.80. The first-order valence-corrected chi connectivity index (χ1v) is 3.57. The molecule has 0 radical (unpaired) electrons. The van der Waals surface area contributed by atoms with E-state index in [4.69, 9.17) is 5.11 Å². The van der Waals surface area contributed by atoms with Crippen LogP contribution in [0.25, 0.3) is 11.0 Å². The van der Waals surface area contributed by atoms with Crippen LogP contribution >= 0.6 is 0 Å². The molecule has 0 aromatic carbocycles. The third-order valence-corrected chi connectivity index (χ3v) is 1.38. The van der Waals surface area contributed by atoms with Gasteiger partial charge in [0.2, 0.25) is 0 Å². The van der Waals surface area contributed by atoms with Crippen molar-refractivity contribution in [1.29, 1.82) is 0 Å². The number of aliphatic hydroxyl groups is 1. The number of hydrogen-bond donors (Lipinski definition) is 1. The minimum atomic E-state index is 0.810. The van der Waals surface area contributed by atoms with E-state index in [9.17, 15) is 0 Å². The standard InChI is InChI=1S/C8H6N2.CH4O/c1-3-7-4-2-6-10-8(7)9-5-1;1-2/h1-6H;2H,1H3. The number of fused-ring (bicyclic) bond motifs is 1. The summed E-state index contributed by atoms with van der Waals surface area (Å²) in [7, 11) is 1.00. The summed E-state index contributed by atoms with van der Waals surface area (Å²) < 4.78 is 0. The van der Waals surface area contributed by atoms with Crippen molar-refractivity contribution in [1.82, 2.24) is 9.97 Å². The summed E-state index contributed by atoms with van der Waals surface area (Å²) in [4.78, 5) is 8.14. The van der Waals surface area contributed by atoms with Gasteiger partial charge in [-0.15, -0.1) is 0 Å². The van der Waals surface area contributed by atoms with Gasteiger partial charge >= 0.3 is 0 Å². The van der Waals surface area contributed by atoms with Crippen molar-refractivity contribution in [2.75, 3.05) is 7.11 Å². The molecular formula is C9H10N2O. The third-order valence-electron chi connectivity index (χ3n) is 1.38. The second kappa shape index (κ2) is 4.41. The fourth-order valence-electron chi connectivity index (χ4n) is 0.908. The molecule has 0 aliphatic carbocycles. The van der Waals surface area contributed by atoms with E-state index in [1.54, 1.807) is 12.4 Å². The number of aromatic nitrogens is 2. The molecule has 0 aliphatic rings. The van der Waals surface area contributed by atoms with Crippen molar-refractivity contribution in [3.63, 3.8) is 0 Å². The highest BCUT2D eigenvalue weighted by Gasteiger charge is 1.88. The van der Waals surface area contributed by atoms with Gasteiger partial charge in [-0.2, -0.15) is 0 Å². The molecule has 0 bridgehead atoms. The molecule has 0 spiro atoms. The van der Waals surface area contributed by atoms with E-state index in [0.717, 1.165) is 18.1 Å². The van der Waals surface area contributed by atoms with Crippen LogP contribution in [0.3, 0.4) is 0 Å². The molecule has 0 unspecified atom stereocenters. The molecule has 3 nitrogen and oxygen atoms in total. The minimum absolute atomic E-state index is 0.810. The Hall–Kier alpha value is -1.48. The lowest BCUT2D eigenvalue weighted by Gasteiger charge is -1.90. The molecule has 1 N–H and O–H groups in total. The third kappa shape index (κ3) is 1.77. The minimum Gasteiger partial charge on any atom is -0.400 e. The second-order valence-electron chi connectivity index (χ2n) is 2.05.